The van der Waals surface area contributed by atoms with E-state index in [1.807, 2.05) is 30.3 Å². The maximum absolute atomic E-state index is 13.2. The molecule has 1 unspecified atom stereocenters. The highest BCUT2D eigenvalue weighted by Crippen LogP contribution is 2.18. The van der Waals surface area contributed by atoms with Crippen LogP contribution >= 0.6 is 0 Å². The number of carbonyl (C=O) groups excluding carboxylic acids is 3. The molecule has 0 aliphatic carbocycles. The van der Waals surface area contributed by atoms with Gasteiger partial charge in [0.25, 0.3) is 0 Å². The zero-order valence-electron chi connectivity index (χ0n) is 21.4. The van der Waals surface area contributed by atoms with Gasteiger partial charge in [-0.15, -0.1) is 0 Å². The summed E-state index contributed by atoms with van der Waals surface area (Å²) in [7, 11) is 0. The fourth-order valence-corrected chi connectivity index (χ4v) is 3.36. The molecule has 0 spiro atoms. The zero-order chi connectivity index (χ0) is 27.6. The van der Waals surface area contributed by atoms with Gasteiger partial charge >= 0.3 is 6.03 Å². The third-order valence-electron chi connectivity index (χ3n) is 5.14. The highest BCUT2D eigenvalue weighted by Gasteiger charge is 2.24. The van der Waals surface area contributed by atoms with E-state index in [-0.39, 0.29) is 17.9 Å². The topological polar surface area (TPSA) is 125 Å². The second-order valence-electron chi connectivity index (χ2n) is 7.80. The number of halogens is 1. The Balaban J connectivity index is 0.000000738. The van der Waals surface area contributed by atoms with E-state index in [9.17, 15) is 29.0 Å². The molecule has 37 heavy (non-hydrogen) atoms. The molecule has 0 fully saturated rings. The fraction of sp³-hybridized carbons (Fsp3) is 0.370. The zero-order valence-corrected chi connectivity index (χ0v) is 21.4. The lowest BCUT2D eigenvalue weighted by atomic mass is 10.2. The Hall–Kier alpha value is -3.76. The molecule has 0 saturated carbocycles. The maximum atomic E-state index is 13.2. The number of anilines is 2. The summed E-state index contributed by atoms with van der Waals surface area (Å²) < 4.78 is 19.0. The van der Waals surface area contributed by atoms with Crippen LogP contribution in [0.25, 0.3) is 0 Å². The van der Waals surface area contributed by atoms with Crippen molar-refractivity contribution in [3.8, 4) is 0 Å². The summed E-state index contributed by atoms with van der Waals surface area (Å²) in [5, 5.41) is 21.7. The lowest BCUT2D eigenvalue weighted by Gasteiger charge is -2.34. The minimum Gasteiger partial charge on any atom is -0.545 e. The van der Waals surface area contributed by atoms with E-state index in [1.54, 1.807) is 17.0 Å². The van der Waals surface area contributed by atoms with Gasteiger partial charge in [-0.1, -0.05) is 39.0 Å². The summed E-state index contributed by atoms with van der Waals surface area (Å²) in [6.45, 7) is 9.80. The second-order valence-corrected chi connectivity index (χ2v) is 7.80. The van der Waals surface area contributed by atoms with E-state index < -0.39 is 11.9 Å². The van der Waals surface area contributed by atoms with Crippen LogP contribution in [0.2, 0.25) is 0 Å². The van der Waals surface area contributed by atoms with Crippen molar-refractivity contribution < 1.29 is 33.7 Å². The maximum Gasteiger partial charge on any atom is 0.326 e. The number of nitrogens with one attached hydrogen (secondary N) is 1. The number of benzene rings is 2. The Morgan fingerprint density at radius 1 is 0.946 bits per heavy atom. The predicted molar refractivity (Wildman–Crippen MR) is 136 cm³/mol. The number of para-hydroxylation sites is 1. The first-order valence-corrected chi connectivity index (χ1v) is 12.0. The van der Waals surface area contributed by atoms with Gasteiger partial charge in [0.15, 0.2) is 0 Å². The van der Waals surface area contributed by atoms with Crippen LogP contribution in [-0.4, -0.2) is 61.8 Å². The molecule has 2 amide bonds. The number of likely N-dealkylation sites (N-methyl/N-ethyl adjacent to an activating group) is 1. The number of hydrogen-bond acceptors (Lipinski definition) is 7. The second kappa shape index (κ2) is 17.6. The van der Waals surface area contributed by atoms with Gasteiger partial charge in [-0.25, -0.2) is 9.18 Å². The van der Waals surface area contributed by atoms with Crippen molar-refractivity contribution in [2.75, 3.05) is 43.1 Å². The summed E-state index contributed by atoms with van der Waals surface area (Å²) in [6, 6.07) is 15.2. The molecule has 9 nitrogen and oxygen atoms in total. The van der Waals surface area contributed by atoms with E-state index >= 15 is 0 Å². The van der Waals surface area contributed by atoms with Gasteiger partial charge in [-0.3, -0.25) is 9.80 Å². The van der Waals surface area contributed by atoms with Crippen molar-refractivity contribution in [2.45, 2.75) is 33.2 Å². The molecule has 0 bridgehead atoms. The first kappa shape index (κ1) is 31.3. The average molecular weight is 516 g/mol. The molecule has 1 N–H and O–H groups in total. The Kier molecular flexibility index (Phi) is 14.9. The third kappa shape index (κ3) is 12.7. The predicted octanol–water partition coefficient (Wildman–Crippen LogP) is 2.04. The molecule has 1 atom stereocenters. The number of rotatable bonds is 13. The summed E-state index contributed by atoms with van der Waals surface area (Å²) in [5.74, 6) is -3.43. The van der Waals surface area contributed by atoms with E-state index in [0.717, 1.165) is 25.2 Å². The number of aliphatic carboxylic acids is 2. The van der Waals surface area contributed by atoms with E-state index in [2.05, 4.69) is 31.0 Å². The number of carboxylic acids is 2. The van der Waals surface area contributed by atoms with E-state index in [4.69, 9.17) is 4.74 Å². The quantitative estimate of drug-likeness (QED) is 0.320. The molecule has 2 aromatic carbocycles. The van der Waals surface area contributed by atoms with Gasteiger partial charge in [0, 0.05) is 24.5 Å². The highest BCUT2D eigenvalue weighted by atomic mass is 19.1. The Morgan fingerprint density at radius 2 is 1.51 bits per heavy atom. The average Bonchev–Trinajstić information content (AvgIpc) is 2.88. The first-order chi connectivity index (χ1) is 17.7. The van der Waals surface area contributed by atoms with Crippen LogP contribution in [0.3, 0.4) is 0 Å². The van der Waals surface area contributed by atoms with Crippen LogP contribution in [0.15, 0.2) is 66.7 Å². The summed E-state index contributed by atoms with van der Waals surface area (Å²) in [5.41, 5.74) is 1.36. The van der Waals surface area contributed by atoms with Crippen LogP contribution in [0.5, 0.6) is 0 Å². The van der Waals surface area contributed by atoms with E-state index in [0.29, 0.717) is 37.6 Å². The van der Waals surface area contributed by atoms with Crippen LogP contribution in [0, 0.1) is 5.82 Å². The molecule has 0 aliphatic rings. The van der Waals surface area contributed by atoms with Crippen molar-refractivity contribution in [2.24, 2.45) is 0 Å². The minimum atomic E-state index is -1.55. The van der Waals surface area contributed by atoms with Crippen LogP contribution in [0.1, 0.15) is 27.2 Å². The number of amides is 2. The van der Waals surface area contributed by atoms with E-state index in [1.165, 1.54) is 12.1 Å². The highest BCUT2D eigenvalue weighted by molar-refractivity contribution is 6.01. The van der Waals surface area contributed by atoms with Crippen LogP contribution in [0.4, 0.5) is 20.6 Å². The third-order valence-corrected chi connectivity index (χ3v) is 5.14. The molecule has 0 aromatic heterocycles. The lowest BCUT2D eigenvalue weighted by Crippen LogP contribution is -2.49. The van der Waals surface area contributed by atoms with Gasteiger partial charge in [-0.2, -0.15) is 0 Å². The lowest BCUT2D eigenvalue weighted by molar-refractivity contribution is -0.301. The smallest absolute Gasteiger partial charge is 0.326 e. The minimum absolute atomic E-state index is 0.0655. The fourth-order valence-electron chi connectivity index (χ4n) is 3.36. The van der Waals surface area contributed by atoms with Gasteiger partial charge in [0.2, 0.25) is 0 Å². The number of nitrogens with zero attached hydrogens (tertiary/aromatic N) is 2. The summed E-state index contributed by atoms with van der Waals surface area (Å²) in [6.07, 6.45) is 1.73. The van der Waals surface area contributed by atoms with Gasteiger partial charge in [-0.05, 0) is 68.1 Å². The van der Waals surface area contributed by atoms with Crippen LogP contribution < -0.4 is 20.4 Å². The van der Waals surface area contributed by atoms with Crippen molar-refractivity contribution in [3.05, 3.63) is 72.6 Å². The van der Waals surface area contributed by atoms with Crippen molar-refractivity contribution in [3.63, 3.8) is 0 Å². The summed E-state index contributed by atoms with van der Waals surface area (Å²) in [4.78, 5) is 36.0. The van der Waals surface area contributed by atoms with Gasteiger partial charge in [0.1, 0.15) is 5.82 Å². The normalized spacial score (nSPS) is 11.5. The molecule has 0 radical (unpaired) electrons. The Bertz CT molecular complexity index is 965. The molecular formula is C27H34FN3O6-2. The molecule has 0 aliphatic heterocycles. The molecule has 10 heteroatoms. The van der Waals surface area contributed by atoms with Gasteiger partial charge < -0.3 is 29.9 Å². The van der Waals surface area contributed by atoms with Crippen molar-refractivity contribution in [1.82, 2.24) is 4.90 Å². The van der Waals surface area contributed by atoms with Gasteiger partial charge in [0.05, 0.1) is 24.6 Å². The first-order valence-electron chi connectivity index (χ1n) is 12.0. The number of urea groups is 1. The van der Waals surface area contributed by atoms with Crippen molar-refractivity contribution in [1.29, 1.82) is 0 Å². The number of carbonyl (C=O) groups is 3. The molecule has 2 rings (SSSR count). The Labute approximate surface area is 217 Å². The largest absolute Gasteiger partial charge is 0.545 e. The van der Waals surface area contributed by atoms with Crippen LogP contribution in [-0.2, 0) is 14.3 Å². The van der Waals surface area contributed by atoms with Crippen molar-refractivity contribution >= 4 is 29.3 Å². The number of ether oxygens (including phenoxy) is 1. The SMILES string of the molecule is CCCOCC(CN(C(=O)Nc1ccc(F)cc1)c1ccccc1)N(CC)CC.O=C([O-])C=CC(=O)[O-]. The standard InChI is InChI=1S/C23H32FN3O2.C4H4O4/c1-4-16-29-18-22(26(5-2)6-3)17-27(21-10-8-7-9-11-21)23(28)25-20-14-12-19(24)13-15-20;5-3(6)1-2-4(7)8/h7-15,22H,4-6,16-18H2,1-3H3,(H,25,28);1-2H,(H,5,6)(H,7,8)/p-2. The molecule has 0 heterocycles. The molecular weight excluding hydrogens is 481 g/mol. The Morgan fingerprint density at radius 3 is 2.00 bits per heavy atom. The number of carboxylic acid groups (broad SMARTS) is 2. The summed E-state index contributed by atoms with van der Waals surface area (Å²) >= 11 is 0. The molecule has 2 aromatic rings. The molecule has 0 saturated heterocycles. The number of hydrogen-bond donors (Lipinski definition) is 1. The molecule has 202 valence electrons. The monoisotopic (exact) mass is 515 g/mol.